The molecule has 0 aliphatic heterocycles. The first-order valence-electron chi connectivity index (χ1n) is 8.58. The molecular weight excluding hydrogens is 334 g/mol. The average Bonchev–Trinajstić information content (AvgIpc) is 3.00. The third kappa shape index (κ3) is 3.88. The number of nitrogens with zero attached hydrogens (tertiary/aromatic N) is 3. The molecule has 26 heavy (non-hydrogen) atoms. The third-order valence-electron chi connectivity index (χ3n) is 4.03. The number of fused-ring (bicyclic) bond motifs is 1. The van der Waals surface area contributed by atoms with E-state index in [0.717, 1.165) is 17.1 Å². The average molecular weight is 357 g/mol. The number of ether oxygens (including phenoxy) is 2. The second kappa shape index (κ2) is 7.61. The van der Waals surface area contributed by atoms with Crippen LogP contribution in [0.2, 0.25) is 0 Å². The molecule has 0 bridgehead atoms. The first kappa shape index (κ1) is 18.0. The second-order valence-corrected chi connectivity index (χ2v) is 6.16. The molecule has 7 nitrogen and oxygen atoms in total. The summed E-state index contributed by atoms with van der Waals surface area (Å²) in [7, 11) is 0. The summed E-state index contributed by atoms with van der Waals surface area (Å²) in [5.41, 5.74) is 2.00. The first-order valence-corrected chi connectivity index (χ1v) is 8.58. The molecule has 0 amide bonds. The maximum atomic E-state index is 12.0. The molecule has 138 valence electrons. The highest BCUT2D eigenvalue weighted by Gasteiger charge is 2.13. The first-order chi connectivity index (χ1) is 12.5. The molecule has 0 saturated carbocycles. The summed E-state index contributed by atoms with van der Waals surface area (Å²) >= 11 is 0. The monoisotopic (exact) mass is 357 g/mol. The van der Waals surface area contributed by atoms with Gasteiger partial charge in [0.25, 0.3) is 5.56 Å². The molecule has 0 radical (unpaired) electrons. The van der Waals surface area contributed by atoms with Crippen LogP contribution in [-0.4, -0.2) is 38.6 Å². The zero-order chi connectivity index (χ0) is 18.7. The Kier molecular flexibility index (Phi) is 5.27. The Hall–Kier alpha value is -2.80. The van der Waals surface area contributed by atoms with Crippen LogP contribution in [0.15, 0.2) is 41.2 Å². The number of aliphatic hydroxyl groups excluding tert-OH is 1. The smallest absolute Gasteiger partial charge is 0.274 e. The molecular formula is C19H23N3O4. The lowest BCUT2D eigenvalue weighted by atomic mass is 10.3. The van der Waals surface area contributed by atoms with Gasteiger partial charge in [-0.1, -0.05) is 0 Å². The van der Waals surface area contributed by atoms with Gasteiger partial charge in [-0.25, -0.2) is 0 Å². The minimum atomic E-state index is -0.734. The fourth-order valence-electron chi connectivity index (χ4n) is 2.83. The summed E-state index contributed by atoms with van der Waals surface area (Å²) in [6.07, 6.45) is -0.734. The van der Waals surface area contributed by atoms with Crippen molar-refractivity contribution in [3.63, 3.8) is 0 Å². The summed E-state index contributed by atoms with van der Waals surface area (Å²) in [5.74, 6) is 1.44. The van der Waals surface area contributed by atoms with Gasteiger partial charge in [0.2, 0.25) is 0 Å². The van der Waals surface area contributed by atoms with Crippen molar-refractivity contribution in [1.82, 2.24) is 14.2 Å². The minimum Gasteiger partial charge on any atom is -0.494 e. The highest BCUT2D eigenvalue weighted by Crippen LogP contribution is 2.18. The second-order valence-electron chi connectivity index (χ2n) is 6.16. The van der Waals surface area contributed by atoms with Crippen molar-refractivity contribution in [3.05, 3.63) is 58.1 Å². The molecule has 0 unspecified atom stereocenters. The molecule has 0 aliphatic rings. The Labute approximate surface area is 151 Å². The van der Waals surface area contributed by atoms with Gasteiger partial charge in [-0.05, 0) is 45.0 Å². The van der Waals surface area contributed by atoms with E-state index in [4.69, 9.17) is 9.47 Å². The van der Waals surface area contributed by atoms with E-state index >= 15 is 0 Å². The SMILES string of the molecule is CCOc1ccc(OC[C@@H](O)Cn2c(C)cc(=O)n3nc(C)cc23)cc1. The Morgan fingerprint density at radius 2 is 1.77 bits per heavy atom. The van der Waals surface area contributed by atoms with Crippen molar-refractivity contribution >= 4 is 5.65 Å². The van der Waals surface area contributed by atoms with Gasteiger partial charge in [-0.3, -0.25) is 4.79 Å². The number of hydrogen-bond donors (Lipinski definition) is 1. The third-order valence-corrected chi connectivity index (χ3v) is 4.03. The van der Waals surface area contributed by atoms with Gasteiger partial charge in [-0.2, -0.15) is 9.61 Å². The zero-order valence-corrected chi connectivity index (χ0v) is 15.2. The molecule has 0 fully saturated rings. The predicted octanol–water partition coefficient (Wildman–Crippen LogP) is 1.95. The molecule has 7 heteroatoms. The standard InChI is InChI=1S/C19H23N3O4/c1-4-25-16-5-7-17(8-6-16)26-12-15(23)11-21-14(3)10-19(24)22-18(21)9-13(2)20-22/h5-10,15,23H,4,11-12H2,1-3H3/t15-/m0/s1. The van der Waals surface area contributed by atoms with E-state index in [1.54, 1.807) is 12.1 Å². The largest absolute Gasteiger partial charge is 0.494 e. The van der Waals surface area contributed by atoms with Crippen molar-refractivity contribution in [1.29, 1.82) is 0 Å². The maximum absolute atomic E-state index is 12.0. The van der Waals surface area contributed by atoms with E-state index in [0.29, 0.717) is 24.5 Å². The lowest BCUT2D eigenvalue weighted by molar-refractivity contribution is 0.0926. The molecule has 0 aliphatic carbocycles. The highest BCUT2D eigenvalue weighted by atomic mass is 16.5. The molecule has 2 aromatic heterocycles. The Morgan fingerprint density at radius 3 is 2.42 bits per heavy atom. The van der Waals surface area contributed by atoms with Crippen LogP contribution in [0.5, 0.6) is 11.5 Å². The van der Waals surface area contributed by atoms with E-state index in [-0.39, 0.29) is 12.2 Å². The van der Waals surface area contributed by atoms with Crippen LogP contribution in [0, 0.1) is 13.8 Å². The molecule has 3 aromatic rings. The number of hydrogen-bond acceptors (Lipinski definition) is 5. The summed E-state index contributed by atoms with van der Waals surface area (Å²) in [6, 6.07) is 10.6. The van der Waals surface area contributed by atoms with Crippen LogP contribution in [-0.2, 0) is 6.54 Å². The van der Waals surface area contributed by atoms with E-state index in [2.05, 4.69) is 5.10 Å². The van der Waals surface area contributed by atoms with Gasteiger partial charge < -0.3 is 19.1 Å². The quantitative estimate of drug-likeness (QED) is 0.699. The fourth-order valence-corrected chi connectivity index (χ4v) is 2.83. The fraction of sp³-hybridized carbons (Fsp3) is 0.368. The van der Waals surface area contributed by atoms with E-state index in [1.165, 1.54) is 10.6 Å². The van der Waals surface area contributed by atoms with Crippen molar-refractivity contribution in [2.75, 3.05) is 13.2 Å². The molecule has 1 aromatic carbocycles. The van der Waals surface area contributed by atoms with E-state index in [9.17, 15) is 9.90 Å². The van der Waals surface area contributed by atoms with Gasteiger partial charge >= 0.3 is 0 Å². The Bertz CT molecular complexity index is 944. The molecule has 2 heterocycles. The molecule has 0 spiro atoms. The Morgan fingerprint density at radius 1 is 1.12 bits per heavy atom. The van der Waals surface area contributed by atoms with Crippen LogP contribution in [0.4, 0.5) is 0 Å². The Balaban J connectivity index is 1.69. The van der Waals surface area contributed by atoms with Crippen molar-refractivity contribution in [2.45, 2.75) is 33.4 Å². The number of aromatic nitrogens is 3. The summed E-state index contributed by atoms with van der Waals surface area (Å²) < 4.78 is 14.3. The van der Waals surface area contributed by atoms with Gasteiger partial charge in [-0.15, -0.1) is 0 Å². The van der Waals surface area contributed by atoms with Gasteiger partial charge in [0.1, 0.15) is 29.9 Å². The summed E-state index contributed by atoms with van der Waals surface area (Å²) in [5, 5.41) is 14.6. The van der Waals surface area contributed by atoms with Crippen LogP contribution >= 0.6 is 0 Å². The topological polar surface area (TPSA) is 78.0 Å². The van der Waals surface area contributed by atoms with Gasteiger partial charge in [0, 0.05) is 17.8 Å². The van der Waals surface area contributed by atoms with Crippen LogP contribution in [0.1, 0.15) is 18.3 Å². The van der Waals surface area contributed by atoms with Crippen LogP contribution < -0.4 is 15.0 Å². The molecule has 1 atom stereocenters. The van der Waals surface area contributed by atoms with Crippen LogP contribution in [0.3, 0.4) is 0 Å². The van der Waals surface area contributed by atoms with Crippen molar-refractivity contribution in [2.24, 2.45) is 0 Å². The molecule has 3 rings (SSSR count). The number of rotatable bonds is 7. The normalized spacial score (nSPS) is 12.3. The highest BCUT2D eigenvalue weighted by molar-refractivity contribution is 5.41. The molecule has 1 N–H and O–H groups in total. The minimum absolute atomic E-state index is 0.138. The van der Waals surface area contributed by atoms with Gasteiger partial charge in [0.15, 0.2) is 0 Å². The maximum Gasteiger partial charge on any atom is 0.274 e. The van der Waals surface area contributed by atoms with E-state index in [1.807, 2.05) is 43.5 Å². The molecule has 0 saturated heterocycles. The number of aliphatic hydroxyl groups is 1. The number of benzene rings is 1. The lowest BCUT2D eigenvalue weighted by Gasteiger charge is -2.17. The van der Waals surface area contributed by atoms with Gasteiger partial charge in [0.05, 0.1) is 18.8 Å². The summed E-state index contributed by atoms with van der Waals surface area (Å²) in [6.45, 7) is 6.65. The predicted molar refractivity (Wildman–Crippen MR) is 98.0 cm³/mol. The van der Waals surface area contributed by atoms with Crippen LogP contribution in [0.25, 0.3) is 5.65 Å². The van der Waals surface area contributed by atoms with Crippen molar-refractivity contribution < 1.29 is 14.6 Å². The summed E-state index contributed by atoms with van der Waals surface area (Å²) in [4.78, 5) is 12.0. The zero-order valence-electron chi connectivity index (χ0n) is 15.2. The van der Waals surface area contributed by atoms with E-state index < -0.39 is 6.10 Å². The lowest BCUT2D eigenvalue weighted by Crippen LogP contribution is -2.27. The number of aryl methyl sites for hydroxylation is 2. The van der Waals surface area contributed by atoms with Crippen molar-refractivity contribution in [3.8, 4) is 11.5 Å².